The van der Waals surface area contributed by atoms with E-state index in [0.717, 1.165) is 0 Å². The van der Waals surface area contributed by atoms with E-state index in [2.05, 4.69) is 10.6 Å². The standard InChI is InChI=1S/C10H20N2O4S/c1-2-16-5-3-12-10(13)7-9-8-17(14,15)6-4-11-9/h9,11H,2-8H2,1H3,(H,12,13). The molecule has 1 fully saturated rings. The lowest BCUT2D eigenvalue weighted by Gasteiger charge is -2.23. The van der Waals surface area contributed by atoms with Crippen LogP contribution in [-0.4, -0.2) is 58.2 Å². The molecule has 0 radical (unpaired) electrons. The molecule has 1 heterocycles. The van der Waals surface area contributed by atoms with Gasteiger partial charge in [0.1, 0.15) is 0 Å². The highest BCUT2D eigenvalue weighted by Crippen LogP contribution is 2.04. The van der Waals surface area contributed by atoms with Crippen LogP contribution in [0.4, 0.5) is 0 Å². The average Bonchev–Trinajstić information content (AvgIpc) is 2.23. The van der Waals surface area contributed by atoms with Gasteiger partial charge in [0.2, 0.25) is 5.91 Å². The maximum atomic E-state index is 11.5. The Hall–Kier alpha value is -0.660. The number of hydrogen-bond donors (Lipinski definition) is 2. The van der Waals surface area contributed by atoms with Crippen molar-refractivity contribution in [2.45, 2.75) is 19.4 Å². The number of ether oxygens (including phenoxy) is 1. The minimum Gasteiger partial charge on any atom is -0.380 e. The van der Waals surface area contributed by atoms with Crippen LogP contribution >= 0.6 is 0 Å². The largest absolute Gasteiger partial charge is 0.380 e. The first-order valence-corrected chi connectivity index (χ1v) is 7.64. The molecule has 0 spiro atoms. The second kappa shape index (κ2) is 6.93. The summed E-state index contributed by atoms with van der Waals surface area (Å²) in [5, 5.41) is 5.73. The van der Waals surface area contributed by atoms with Gasteiger partial charge in [0.05, 0.1) is 18.1 Å². The van der Waals surface area contributed by atoms with Gasteiger partial charge in [-0.25, -0.2) is 8.42 Å². The Kier molecular flexibility index (Phi) is 5.87. The highest BCUT2D eigenvalue weighted by atomic mass is 32.2. The number of hydrogen-bond acceptors (Lipinski definition) is 5. The Morgan fingerprint density at radius 2 is 2.29 bits per heavy atom. The van der Waals surface area contributed by atoms with E-state index in [0.29, 0.717) is 26.3 Å². The van der Waals surface area contributed by atoms with Gasteiger partial charge in [-0.15, -0.1) is 0 Å². The zero-order chi connectivity index (χ0) is 12.7. The lowest BCUT2D eigenvalue weighted by atomic mass is 10.2. The van der Waals surface area contributed by atoms with E-state index in [1.807, 2.05) is 6.92 Å². The Morgan fingerprint density at radius 3 is 2.94 bits per heavy atom. The van der Waals surface area contributed by atoms with Crippen LogP contribution in [0.15, 0.2) is 0 Å². The molecule has 0 bridgehead atoms. The van der Waals surface area contributed by atoms with Gasteiger partial charge < -0.3 is 15.4 Å². The average molecular weight is 264 g/mol. The Morgan fingerprint density at radius 1 is 1.53 bits per heavy atom. The normalized spacial score (nSPS) is 23.2. The molecule has 0 saturated carbocycles. The molecule has 0 aromatic carbocycles. The molecule has 1 rings (SSSR count). The topological polar surface area (TPSA) is 84.5 Å². The molecule has 1 amide bonds. The summed E-state index contributed by atoms with van der Waals surface area (Å²) >= 11 is 0. The van der Waals surface area contributed by atoms with E-state index < -0.39 is 9.84 Å². The lowest BCUT2D eigenvalue weighted by molar-refractivity contribution is -0.121. The van der Waals surface area contributed by atoms with Crippen molar-refractivity contribution < 1.29 is 17.9 Å². The molecule has 1 unspecified atom stereocenters. The number of carbonyl (C=O) groups excluding carboxylic acids is 1. The van der Waals surface area contributed by atoms with Gasteiger partial charge in [-0.2, -0.15) is 0 Å². The van der Waals surface area contributed by atoms with Crippen LogP contribution in [0.1, 0.15) is 13.3 Å². The quantitative estimate of drug-likeness (QED) is 0.596. The van der Waals surface area contributed by atoms with Crippen molar-refractivity contribution in [3.63, 3.8) is 0 Å². The molecule has 17 heavy (non-hydrogen) atoms. The van der Waals surface area contributed by atoms with Gasteiger partial charge in [-0.1, -0.05) is 0 Å². The van der Waals surface area contributed by atoms with Crippen LogP contribution in [0.2, 0.25) is 0 Å². The van der Waals surface area contributed by atoms with Crippen LogP contribution in [0, 0.1) is 0 Å². The fraction of sp³-hybridized carbons (Fsp3) is 0.900. The fourth-order valence-electron chi connectivity index (χ4n) is 1.70. The smallest absolute Gasteiger partial charge is 0.221 e. The van der Waals surface area contributed by atoms with Gasteiger partial charge in [0, 0.05) is 32.2 Å². The van der Waals surface area contributed by atoms with Crippen molar-refractivity contribution in [2.75, 3.05) is 37.8 Å². The van der Waals surface area contributed by atoms with E-state index >= 15 is 0 Å². The molecule has 6 nitrogen and oxygen atoms in total. The second-order valence-electron chi connectivity index (χ2n) is 4.02. The van der Waals surface area contributed by atoms with Crippen molar-refractivity contribution in [2.24, 2.45) is 0 Å². The predicted octanol–water partition coefficient (Wildman–Crippen LogP) is -1.08. The van der Waals surface area contributed by atoms with Crippen molar-refractivity contribution in [3.8, 4) is 0 Å². The zero-order valence-corrected chi connectivity index (χ0v) is 10.9. The van der Waals surface area contributed by atoms with Gasteiger partial charge in [-0.3, -0.25) is 4.79 Å². The molecule has 1 saturated heterocycles. The highest BCUT2D eigenvalue weighted by molar-refractivity contribution is 7.91. The highest BCUT2D eigenvalue weighted by Gasteiger charge is 2.25. The number of carbonyl (C=O) groups is 1. The minimum atomic E-state index is -2.97. The number of rotatable bonds is 6. The Balaban J connectivity index is 2.22. The molecule has 1 aliphatic rings. The summed E-state index contributed by atoms with van der Waals surface area (Å²) in [5.74, 6) is 0.0701. The molecule has 2 N–H and O–H groups in total. The van der Waals surface area contributed by atoms with Crippen LogP contribution in [0.5, 0.6) is 0 Å². The molecular weight excluding hydrogens is 244 g/mol. The summed E-state index contributed by atoms with van der Waals surface area (Å²) in [6.07, 6.45) is 0.200. The first-order valence-electron chi connectivity index (χ1n) is 5.82. The first kappa shape index (κ1) is 14.4. The third-order valence-electron chi connectivity index (χ3n) is 2.51. The van der Waals surface area contributed by atoms with Crippen molar-refractivity contribution in [1.82, 2.24) is 10.6 Å². The third kappa shape index (κ3) is 5.99. The van der Waals surface area contributed by atoms with Gasteiger partial charge in [-0.05, 0) is 6.92 Å². The zero-order valence-electron chi connectivity index (χ0n) is 10.1. The van der Waals surface area contributed by atoms with Gasteiger partial charge >= 0.3 is 0 Å². The van der Waals surface area contributed by atoms with Gasteiger partial charge in [0.15, 0.2) is 9.84 Å². The molecule has 100 valence electrons. The predicted molar refractivity (Wildman–Crippen MR) is 64.6 cm³/mol. The fourth-order valence-corrected chi connectivity index (χ4v) is 3.15. The number of sulfone groups is 1. The SMILES string of the molecule is CCOCCNC(=O)CC1CS(=O)(=O)CCN1. The molecular formula is C10H20N2O4S. The summed E-state index contributed by atoms with van der Waals surface area (Å²) in [6, 6.07) is -0.263. The van der Waals surface area contributed by atoms with Crippen LogP contribution in [0.3, 0.4) is 0 Å². The van der Waals surface area contributed by atoms with Crippen molar-refractivity contribution in [3.05, 3.63) is 0 Å². The van der Waals surface area contributed by atoms with E-state index in [1.54, 1.807) is 0 Å². The van der Waals surface area contributed by atoms with Crippen LogP contribution in [-0.2, 0) is 19.4 Å². The van der Waals surface area contributed by atoms with Crippen molar-refractivity contribution in [1.29, 1.82) is 0 Å². The van der Waals surface area contributed by atoms with Crippen LogP contribution < -0.4 is 10.6 Å². The van der Waals surface area contributed by atoms with Gasteiger partial charge in [0.25, 0.3) is 0 Å². The first-order chi connectivity index (χ1) is 8.03. The summed E-state index contributed by atoms with van der Waals surface area (Å²) in [5.41, 5.74) is 0. The molecule has 7 heteroatoms. The number of amides is 1. The summed E-state index contributed by atoms with van der Waals surface area (Å²) in [4.78, 5) is 11.5. The summed E-state index contributed by atoms with van der Waals surface area (Å²) in [6.45, 7) is 3.89. The third-order valence-corrected chi connectivity index (χ3v) is 4.24. The Labute approximate surface area is 102 Å². The molecule has 0 aromatic rings. The van der Waals surface area contributed by atoms with E-state index in [1.165, 1.54) is 0 Å². The van der Waals surface area contributed by atoms with E-state index in [9.17, 15) is 13.2 Å². The lowest BCUT2D eigenvalue weighted by Crippen LogP contribution is -2.47. The minimum absolute atomic E-state index is 0.0475. The van der Waals surface area contributed by atoms with Crippen molar-refractivity contribution >= 4 is 15.7 Å². The maximum Gasteiger partial charge on any atom is 0.221 e. The summed E-state index contributed by atoms with van der Waals surface area (Å²) in [7, 11) is -2.97. The molecule has 0 aromatic heterocycles. The number of nitrogens with one attached hydrogen (secondary N) is 2. The Bertz CT molecular complexity index is 342. The second-order valence-corrected chi connectivity index (χ2v) is 6.25. The molecule has 1 aliphatic heterocycles. The van der Waals surface area contributed by atoms with Crippen LogP contribution in [0.25, 0.3) is 0 Å². The van der Waals surface area contributed by atoms with E-state index in [4.69, 9.17) is 4.74 Å². The van der Waals surface area contributed by atoms with E-state index in [-0.39, 0.29) is 29.9 Å². The summed E-state index contributed by atoms with van der Waals surface area (Å²) < 4.78 is 27.8. The maximum absolute atomic E-state index is 11.5. The molecule has 0 aliphatic carbocycles. The monoisotopic (exact) mass is 264 g/mol. The molecule has 1 atom stereocenters.